The molecule has 11 aromatic carbocycles. The van der Waals surface area contributed by atoms with Crippen molar-refractivity contribution in [1.29, 1.82) is 0 Å². The topological polar surface area (TPSA) is 19.6 Å². The Morgan fingerprint density at radius 1 is 0.292 bits per heavy atom. The predicted molar refractivity (Wildman–Crippen MR) is 274 cm³/mol. The molecule has 0 fully saturated rings. The van der Waals surface area contributed by atoms with Gasteiger partial charge in [0, 0.05) is 39.6 Å². The Morgan fingerprint density at radius 2 is 0.769 bits per heavy atom. The molecule has 0 amide bonds. The summed E-state index contributed by atoms with van der Waals surface area (Å²) in [4.78, 5) is 4.73. The van der Waals surface area contributed by atoms with E-state index >= 15 is 0 Å². The standard InChI is InChI=1S/C62H42N2O/c1-5-17-43(18-6-1)44-29-35-51(36-30-44)63(49-23-9-3-10-24-49)53-41-58(61-57-40-34-47-22-14-16-28-56(47)62(57)65-59(61)42-53)64(50-25-11-4-12-26-50)52-37-31-48(32-38-52)60-54-27-15-13-21-46(54)33-39-55(60)45-19-7-2-8-20-45/h1-42H. The van der Waals surface area contributed by atoms with E-state index in [2.05, 4.69) is 265 Å². The number of para-hydroxylation sites is 2. The number of rotatable bonds is 9. The van der Waals surface area contributed by atoms with Crippen molar-refractivity contribution in [3.05, 3.63) is 255 Å². The first-order valence-corrected chi connectivity index (χ1v) is 22.2. The molecule has 1 heterocycles. The first kappa shape index (κ1) is 38.0. The highest BCUT2D eigenvalue weighted by atomic mass is 16.3. The fourth-order valence-corrected chi connectivity index (χ4v) is 9.58. The second kappa shape index (κ2) is 16.2. The van der Waals surface area contributed by atoms with Gasteiger partial charge in [0.15, 0.2) is 0 Å². The van der Waals surface area contributed by atoms with Gasteiger partial charge in [-0.2, -0.15) is 0 Å². The van der Waals surface area contributed by atoms with Gasteiger partial charge in [-0.3, -0.25) is 0 Å². The summed E-state index contributed by atoms with van der Waals surface area (Å²) >= 11 is 0. The van der Waals surface area contributed by atoms with Crippen LogP contribution in [0.4, 0.5) is 34.1 Å². The summed E-state index contributed by atoms with van der Waals surface area (Å²) in [7, 11) is 0. The van der Waals surface area contributed by atoms with Crippen LogP contribution in [0.1, 0.15) is 0 Å². The van der Waals surface area contributed by atoms with Crippen molar-refractivity contribution in [2.75, 3.05) is 9.80 Å². The number of fused-ring (bicyclic) bond motifs is 6. The lowest BCUT2D eigenvalue weighted by atomic mass is 9.89. The van der Waals surface area contributed by atoms with Crippen molar-refractivity contribution in [2.24, 2.45) is 0 Å². The van der Waals surface area contributed by atoms with Crippen molar-refractivity contribution in [2.45, 2.75) is 0 Å². The highest BCUT2D eigenvalue weighted by Crippen LogP contribution is 2.49. The van der Waals surface area contributed by atoms with Gasteiger partial charge in [-0.25, -0.2) is 0 Å². The monoisotopic (exact) mass is 830 g/mol. The van der Waals surface area contributed by atoms with Gasteiger partial charge in [-0.1, -0.05) is 188 Å². The molecule has 12 rings (SSSR count). The van der Waals surface area contributed by atoms with Crippen LogP contribution in [0, 0.1) is 0 Å². The van der Waals surface area contributed by atoms with Gasteiger partial charge in [0.2, 0.25) is 0 Å². The quantitative estimate of drug-likeness (QED) is 0.144. The molecule has 3 nitrogen and oxygen atoms in total. The lowest BCUT2D eigenvalue weighted by Gasteiger charge is -2.30. The molecule has 0 atom stereocenters. The van der Waals surface area contributed by atoms with Gasteiger partial charge in [-0.05, 0) is 110 Å². The summed E-state index contributed by atoms with van der Waals surface area (Å²) < 4.78 is 7.09. The fourth-order valence-electron chi connectivity index (χ4n) is 9.58. The lowest BCUT2D eigenvalue weighted by Crippen LogP contribution is -2.13. The minimum atomic E-state index is 0.812. The van der Waals surface area contributed by atoms with Crippen LogP contribution in [0.25, 0.3) is 76.9 Å². The molecule has 12 aromatic rings. The van der Waals surface area contributed by atoms with Crippen LogP contribution in [-0.4, -0.2) is 0 Å². The van der Waals surface area contributed by atoms with Crippen LogP contribution < -0.4 is 9.80 Å². The Kier molecular flexibility index (Phi) is 9.50. The molecule has 0 N–H and O–H groups in total. The average molecular weight is 831 g/mol. The largest absolute Gasteiger partial charge is 0.455 e. The maximum atomic E-state index is 7.09. The third-order valence-corrected chi connectivity index (χ3v) is 12.6. The van der Waals surface area contributed by atoms with Crippen LogP contribution in [0.15, 0.2) is 259 Å². The van der Waals surface area contributed by atoms with E-state index in [0.717, 1.165) is 72.4 Å². The normalized spacial score (nSPS) is 11.4. The van der Waals surface area contributed by atoms with E-state index in [4.69, 9.17) is 4.42 Å². The van der Waals surface area contributed by atoms with Crippen molar-refractivity contribution in [3.63, 3.8) is 0 Å². The van der Waals surface area contributed by atoms with Gasteiger partial charge in [-0.15, -0.1) is 0 Å². The molecule has 0 aliphatic rings. The third kappa shape index (κ3) is 6.87. The summed E-state index contributed by atoms with van der Waals surface area (Å²) in [6.45, 7) is 0. The van der Waals surface area contributed by atoms with E-state index in [9.17, 15) is 0 Å². The molecular weight excluding hydrogens is 789 g/mol. The minimum absolute atomic E-state index is 0.812. The Morgan fingerprint density at radius 3 is 1.43 bits per heavy atom. The number of nitrogens with zero attached hydrogens (tertiary/aromatic N) is 2. The van der Waals surface area contributed by atoms with E-state index in [1.165, 1.54) is 38.6 Å². The van der Waals surface area contributed by atoms with Gasteiger partial charge < -0.3 is 14.2 Å². The molecule has 306 valence electrons. The van der Waals surface area contributed by atoms with Crippen molar-refractivity contribution in [1.82, 2.24) is 0 Å². The smallest absolute Gasteiger partial charge is 0.143 e. The number of benzene rings is 11. The van der Waals surface area contributed by atoms with E-state index < -0.39 is 0 Å². The van der Waals surface area contributed by atoms with Gasteiger partial charge in [0.1, 0.15) is 11.2 Å². The predicted octanol–water partition coefficient (Wildman–Crippen LogP) is 17.8. The zero-order chi connectivity index (χ0) is 43.1. The highest BCUT2D eigenvalue weighted by molar-refractivity contribution is 6.20. The van der Waals surface area contributed by atoms with Gasteiger partial charge in [0.05, 0.1) is 16.8 Å². The maximum Gasteiger partial charge on any atom is 0.143 e. The van der Waals surface area contributed by atoms with Crippen molar-refractivity contribution < 1.29 is 4.42 Å². The number of hydrogen-bond donors (Lipinski definition) is 0. The van der Waals surface area contributed by atoms with Crippen LogP contribution in [0.5, 0.6) is 0 Å². The third-order valence-electron chi connectivity index (χ3n) is 12.6. The van der Waals surface area contributed by atoms with Crippen LogP contribution in [0.2, 0.25) is 0 Å². The number of furan rings is 1. The molecule has 0 spiro atoms. The Balaban J connectivity index is 1.09. The average Bonchev–Trinajstić information content (AvgIpc) is 3.77. The van der Waals surface area contributed by atoms with Crippen LogP contribution in [-0.2, 0) is 0 Å². The second-order valence-electron chi connectivity index (χ2n) is 16.5. The summed E-state index contributed by atoms with van der Waals surface area (Å²) in [6, 6.07) is 91.2. The zero-order valence-corrected chi connectivity index (χ0v) is 35.6. The van der Waals surface area contributed by atoms with Crippen LogP contribution in [0.3, 0.4) is 0 Å². The minimum Gasteiger partial charge on any atom is -0.455 e. The molecule has 3 heteroatoms. The summed E-state index contributed by atoms with van der Waals surface area (Å²) in [5.74, 6) is 0. The summed E-state index contributed by atoms with van der Waals surface area (Å²) in [6.07, 6.45) is 0. The maximum absolute atomic E-state index is 7.09. The highest BCUT2D eigenvalue weighted by Gasteiger charge is 2.25. The molecule has 0 bridgehead atoms. The second-order valence-corrected chi connectivity index (χ2v) is 16.5. The summed E-state index contributed by atoms with van der Waals surface area (Å²) in [5.41, 5.74) is 15.0. The Labute approximate surface area is 378 Å². The molecule has 0 aliphatic heterocycles. The van der Waals surface area contributed by atoms with E-state index in [-0.39, 0.29) is 0 Å². The van der Waals surface area contributed by atoms with Gasteiger partial charge >= 0.3 is 0 Å². The molecule has 1 aromatic heterocycles. The van der Waals surface area contributed by atoms with E-state index in [0.29, 0.717) is 0 Å². The zero-order valence-electron chi connectivity index (χ0n) is 35.6. The molecule has 65 heavy (non-hydrogen) atoms. The first-order chi connectivity index (χ1) is 32.2. The van der Waals surface area contributed by atoms with E-state index in [1.807, 2.05) is 0 Å². The Hall–Kier alpha value is -8.66. The molecular formula is C62H42N2O. The summed E-state index contributed by atoms with van der Waals surface area (Å²) in [5, 5.41) is 6.79. The lowest BCUT2D eigenvalue weighted by molar-refractivity contribution is 0.673. The fraction of sp³-hybridized carbons (Fsp3) is 0. The number of anilines is 6. The number of hydrogen-bond acceptors (Lipinski definition) is 3. The molecule has 0 unspecified atom stereocenters. The molecule has 0 aliphatic carbocycles. The SMILES string of the molecule is c1ccc(-c2ccc(N(c3ccccc3)c3cc(N(c4ccccc4)c4ccc(-c5c(-c6ccccc6)ccc6ccccc56)cc4)c4c(c3)oc3c5ccccc5ccc34)cc2)cc1. The first-order valence-electron chi connectivity index (χ1n) is 22.2. The molecule has 0 radical (unpaired) electrons. The van der Waals surface area contributed by atoms with Crippen LogP contribution >= 0.6 is 0 Å². The van der Waals surface area contributed by atoms with E-state index in [1.54, 1.807) is 0 Å². The molecule has 0 saturated carbocycles. The van der Waals surface area contributed by atoms with Crippen molar-refractivity contribution in [3.8, 4) is 33.4 Å². The Bertz CT molecular complexity index is 3620. The molecule has 0 saturated heterocycles. The van der Waals surface area contributed by atoms with Gasteiger partial charge in [0.25, 0.3) is 0 Å². The van der Waals surface area contributed by atoms with Crippen molar-refractivity contribution >= 4 is 77.6 Å².